The van der Waals surface area contributed by atoms with Gasteiger partial charge in [-0.2, -0.15) is 0 Å². The van der Waals surface area contributed by atoms with Crippen LogP contribution in [0.2, 0.25) is 0 Å². The highest BCUT2D eigenvalue weighted by molar-refractivity contribution is 7.16. The third kappa shape index (κ3) is 4.29. The summed E-state index contributed by atoms with van der Waals surface area (Å²) in [4.78, 5) is 4.14. The Kier molecular flexibility index (Phi) is 5.67. The number of benzene rings is 1. The first-order valence-corrected chi connectivity index (χ1v) is 9.59. The fourth-order valence-electron chi connectivity index (χ4n) is 4.01. The molecule has 0 bridgehead atoms. The van der Waals surface area contributed by atoms with Crippen molar-refractivity contribution in [3.05, 3.63) is 29.8 Å². The molecule has 114 valence electrons. The quantitative estimate of drug-likeness (QED) is 0.590. The summed E-state index contributed by atoms with van der Waals surface area (Å²) >= 11 is 1.68. The maximum absolute atomic E-state index is 4.14. The molecule has 0 aliphatic heterocycles. The molecule has 0 unspecified atom stereocenters. The van der Waals surface area contributed by atoms with Gasteiger partial charge in [0.05, 0.1) is 15.7 Å². The SMILES string of the molecule is C1CCC(C2CCCCC2)CC1.c1ccc2scnc2c1. The smallest absolute Gasteiger partial charge is 0.0812 e. The van der Waals surface area contributed by atoms with Gasteiger partial charge < -0.3 is 0 Å². The lowest BCUT2D eigenvalue weighted by atomic mass is 9.73. The van der Waals surface area contributed by atoms with Gasteiger partial charge in [-0.3, -0.25) is 0 Å². The molecule has 0 spiro atoms. The van der Waals surface area contributed by atoms with Gasteiger partial charge in [-0.1, -0.05) is 76.3 Å². The zero-order valence-corrected chi connectivity index (χ0v) is 13.8. The van der Waals surface area contributed by atoms with E-state index in [-0.39, 0.29) is 0 Å². The molecule has 0 amide bonds. The number of fused-ring (bicyclic) bond motifs is 1. The first-order chi connectivity index (χ1) is 10.4. The van der Waals surface area contributed by atoms with E-state index in [1.165, 1.54) is 43.2 Å². The Morgan fingerprint density at radius 2 is 1.33 bits per heavy atom. The zero-order chi connectivity index (χ0) is 14.3. The van der Waals surface area contributed by atoms with Crippen molar-refractivity contribution in [2.45, 2.75) is 64.2 Å². The van der Waals surface area contributed by atoms with Crippen molar-refractivity contribution in [2.24, 2.45) is 11.8 Å². The molecule has 2 aromatic rings. The molecule has 21 heavy (non-hydrogen) atoms. The van der Waals surface area contributed by atoms with Gasteiger partial charge in [0.15, 0.2) is 0 Å². The molecular formula is C19H27NS. The summed E-state index contributed by atoms with van der Waals surface area (Å²) < 4.78 is 1.26. The predicted octanol–water partition coefficient (Wildman–Crippen LogP) is 6.44. The van der Waals surface area contributed by atoms with Gasteiger partial charge in [0.2, 0.25) is 0 Å². The average molecular weight is 301 g/mol. The Morgan fingerprint density at radius 3 is 1.90 bits per heavy atom. The fourth-order valence-corrected chi connectivity index (χ4v) is 4.69. The monoisotopic (exact) mass is 301 g/mol. The van der Waals surface area contributed by atoms with Gasteiger partial charge in [0.25, 0.3) is 0 Å². The van der Waals surface area contributed by atoms with Gasteiger partial charge in [-0.05, 0) is 24.0 Å². The van der Waals surface area contributed by atoms with Crippen molar-refractivity contribution >= 4 is 21.6 Å². The molecule has 0 N–H and O–H groups in total. The van der Waals surface area contributed by atoms with Crippen LogP contribution in [-0.2, 0) is 0 Å². The summed E-state index contributed by atoms with van der Waals surface area (Å²) in [7, 11) is 0. The topological polar surface area (TPSA) is 12.9 Å². The highest BCUT2D eigenvalue weighted by atomic mass is 32.1. The van der Waals surface area contributed by atoms with Gasteiger partial charge in [0.1, 0.15) is 0 Å². The molecule has 1 heterocycles. The second-order valence-corrected chi connectivity index (χ2v) is 7.50. The minimum atomic E-state index is 1.10. The second-order valence-electron chi connectivity index (χ2n) is 6.62. The fraction of sp³-hybridized carbons (Fsp3) is 0.632. The van der Waals surface area contributed by atoms with Crippen molar-refractivity contribution in [2.75, 3.05) is 0 Å². The van der Waals surface area contributed by atoms with Crippen molar-refractivity contribution in [3.8, 4) is 0 Å². The van der Waals surface area contributed by atoms with Crippen molar-refractivity contribution in [1.82, 2.24) is 4.98 Å². The Labute approximate surface area is 132 Å². The molecule has 2 fully saturated rings. The summed E-state index contributed by atoms with van der Waals surface area (Å²) in [6.45, 7) is 0. The lowest BCUT2D eigenvalue weighted by Crippen LogP contribution is -2.20. The molecule has 1 aromatic carbocycles. The third-order valence-electron chi connectivity index (χ3n) is 5.20. The van der Waals surface area contributed by atoms with E-state index in [4.69, 9.17) is 0 Å². The number of hydrogen-bond acceptors (Lipinski definition) is 2. The number of aromatic nitrogens is 1. The van der Waals surface area contributed by atoms with E-state index < -0.39 is 0 Å². The Morgan fingerprint density at radius 1 is 0.762 bits per heavy atom. The molecule has 0 atom stereocenters. The van der Waals surface area contributed by atoms with E-state index in [0.29, 0.717) is 0 Å². The minimum absolute atomic E-state index is 1.10. The minimum Gasteiger partial charge on any atom is -0.245 e. The molecule has 1 aromatic heterocycles. The van der Waals surface area contributed by atoms with Crippen LogP contribution in [0.4, 0.5) is 0 Å². The van der Waals surface area contributed by atoms with Crippen LogP contribution >= 0.6 is 11.3 Å². The van der Waals surface area contributed by atoms with Crippen LogP contribution < -0.4 is 0 Å². The highest BCUT2D eigenvalue weighted by Gasteiger charge is 2.24. The summed E-state index contributed by atoms with van der Waals surface area (Å²) in [6, 6.07) is 8.13. The first kappa shape index (κ1) is 15.0. The van der Waals surface area contributed by atoms with Crippen LogP contribution in [0.15, 0.2) is 29.8 Å². The van der Waals surface area contributed by atoms with Gasteiger partial charge in [-0.25, -0.2) is 4.98 Å². The average Bonchev–Trinajstić information content (AvgIpc) is 3.06. The van der Waals surface area contributed by atoms with Crippen molar-refractivity contribution < 1.29 is 0 Å². The third-order valence-corrected chi connectivity index (χ3v) is 6.01. The largest absolute Gasteiger partial charge is 0.245 e. The molecular weight excluding hydrogens is 274 g/mol. The van der Waals surface area contributed by atoms with Crippen LogP contribution in [0.1, 0.15) is 64.2 Å². The molecule has 4 rings (SSSR count). The number of nitrogens with zero attached hydrogens (tertiary/aromatic N) is 1. The molecule has 2 aliphatic rings. The molecule has 2 saturated carbocycles. The second kappa shape index (κ2) is 7.93. The number of rotatable bonds is 1. The van der Waals surface area contributed by atoms with E-state index in [9.17, 15) is 0 Å². The van der Waals surface area contributed by atoms with Crippen LogP contribution in [0.3, 0.4) is 0 Å². The predicted molar refractivity (Wildman–Crippen MR) is 92.8 cm³/mol. The van der Waals surface area contributed by atoms with Crippen molar-refractivity contribution in [3.63, 3.8) is 0 Å². The van der Waals surface area contributed by atoms with Crippen LogP contribution in [0.25, 0.3) is 10.2 Å². The van der Waals surface area contributed by atoms with E-state index in [1.54, 1.807) is 37.0 Å². The standard InChI is InChI=1S/C12H22.C7H5NS/c1-3-7-11(8-4-1)12-9-5-2-6-10-12;1-2-4-7-6(3-1)8-5-9-7/h11-12H,1-10H2;1-5H. The van der Waals surface area contributed by atoms with Crippen LogP contribution in [0.5, 0.6) is 0 Å². The summed E-state index contributed by atoms with van der Waals surface area (Å²) in [5, 5.41) is 0. The van der Waals surface area contributed by atoms with E-state index in [2.05, 4.69) is 11.1 Å². The maximum Gasteiger partial charge on any atom is 0.0812 e. The van der Waals surface area contributed by atoms with E-state index >= 15 is 0 Å². The van der Waals surface area contributed by atoms with Gasteiger partial charge >= 0.3 is 0 Å². The number of thiazole rings is 1. The van der Waals surface area contributed by atoms with Crippen molar-refractivity contribution in [1.29, 1.82) is 0 Å². The Hall–Kier alpha value is -0.890. The summed E-state index contributed by atoms with van der Waals surface area (Å²) in [5.41, 5.74) is 2.97. The van der Waals surface area contributed by atoms with Gasteiger partial charge in [-0.15, -0.1) is 11.3 Å². The molecule has 2 aliphatic carbocycles. The molecule has 1 nitrogen and oxygen atoms in total. The summed E-state index contributed by atoms with van der Waals surface area (Å²) in [5.74, 6) is 2.28. The van der Waals surface area contributed by atoms with E-state index in [1.807, 2.05) is 23.7 Å². The number of para-hydroxylation sites is 1. The lowest BCUT2D eigenvalue weighted by Gasteiger charge is -2.32. The maximum atomic E-state index is 4.14. The Bertz CT molecular complexity index is 475. The van der Waals surface area contributed by atoms with Crippen LogP contribution in [-0.4, -0.2) is 4.98 Å². The molecule has 2 heteroatoms. The zero-order valence-electron chi connectivity index (χ0n) is 13.0. The Balaban J connectivity index is 0.000000131. The first-order valence-electron chi connectivity index (χ1n) is 8.72. The van der Waals surface area contributed by atoms with E-state index in [0.717, 1.165) is 17.4 Å². The van der Waals surface area contributed by atoms with Gasteiger partial charge in [0, 0.05) is 0 Å². The summed E-state index contributed by atoms with van der Waals surface area (Å²) in [6.07, 6.45) is 15.4. The number of hydrogen-bond donors (Lipinski definition) is 0. The lowest BCUT2D eigenvalue weighted by molar-refractivity contribution is 0.196. The van der Waals surface area contributed by atoms with Crippen LogP contribution in [0, 0.1) is 11.8 Å². The molecule has 0 saturated heterocycles. The normalized spacial score (nSPS) is 21.0. The highest BCUT2D eigenvalue weighted by Crippen LogP contribution is 2.37. The molecule has 0 radical (unpaired) electrons.